The quantitative estimate of drug-likeness (QED) is 0.653. The van der Waals surface area contributed by atoms with Crippen molar-refractivity contribution >= 4 is 5.97 Å². The first-order valence-corrected chi connectivity index (χ1v) is 9.54. The second-order valence-corrected chi connectivity index (χ2v) is 8.24. The van der Waals surface area contributed by atoms with Crippen LogP contribution in [0.4, 0.5) is 0 Å². The van der Waals surface area contributed by atoms with Crippen molar-refractivity contribution in [2.24, 2.45) is 17.3 Å². The largest absolute Gasteiger partial charge is 0.427 e. The van der Waals surface area contributed by atoms with E-state index in [4.69, 9.17) is 4.74 Å². The van der Waals surface area contributed by atoms with Crippen molar-refractivity contribution in [3.05, 3.63) is 29.3 Å². The molecule has 0 aliphatic heterocycles. The molecule has 3 heteroatoms. The average Bonchev–Trinajstić information content (AvgIpc) is 2.89. The third-order valence-electron chi connectivity index (χ3n) is 7.17. The van der Waals surface area contributed by atoms with Gasteiger partial charge in [-0.1, -0.05) is 19.9 Å². The van der Waals surface area contributed by atoms with Crippen LogP contribution in [0.15, 0.2) is 18.2 Å². The van der Waals surface area contributed by atoms with E-state index in [0.29, 0.717) is 29.9 Å². The zero-order chi connectivity index (χ0) is 16.9. The van der Waals surface area contributed by atoms with Gasteiger partial charge in [0.15, 0.2) is 0 Å². The van der Waals surface area contributed by atoms with Crippen molar-refractivity contribution in [1.29, 1.82) is 0 Å². The lowest BCUT2D eigenvalue weighted by molar-refractivity contribution is -0.134. The van der Waals surface area contributed by atoms with E-state index in [2.05, 4.69) is 19.1 Å². The minimum atomic E-state index is -0.169. The Labute approximate surface area is 144 Å². The van der Waals surface area contributed by atoms with E-state index in [1.165, 1.54) is 30.4 Å². The van der Waals surface area contributed by atoms with Crippen LogP contribution >= 0.6 is 0 Å². The Hall–Kier alpha value is -1.35. The molecule has 3 nitrogen and oxygen atoms in total. The molecule has 130 valence electrons. The highest BCUT2D eigenvalue weighted by atomic mass is 16.5. The highest BCUT2D eigenvalue weighted by Gasteiger charge is 2.54. The molecule has 0 spiro atoms. The highest BCUT2D eigenvalue weighted by molar-refractivity contribution is 5.72. The predicted octanol–water partition coefficient (Wildman–Crippen LogP) is 4.22. The van der Waals surface area contributed by atoms with Gasteiger partial charge in [0.1, 0.15) is 5.75 Å². The number of aryl methyl sites for hydroxylation is 1. The molecule has 0 aromatic heterocycles. The first-order valence-electron chi connectivity index (χ1n) is 9.54. The van der Waals surface area contributed by atoms with Crippen LogP contribution in [0.1, 0.15) is 69.4 Å². The third-order valence-corrected chi connectivity index (χ3v) is 7.17. The van der Waals surface area contributed by atoms with Crippen LogP contribution in [0.5, 0.6) is 5.75 Å². The van der Waals surface area contributed by atoms with Crippen molar-refractivity contribution in [3.8, 4) is 5.75 Å². The van der Waals surface area contributed by atoms with Gasteiger partial charge in [0.2, 0.25) is 0 Å². The van der Waals surface area contributed by atoms with Gasteiger partial charge in [0.05, 0.1) is 6.10 Å². The maximum atomic E-state index is 11.5. The molecule has 1 N–H and O–H groups in total. The topological polar surface area (TPSA) is 46.5 Å². The summed E-state index contributed by atoms with van der Waals surface area (Å²) in [6.07, 6.45) is 7.03. The van der Waals surface area contributed by atoms with Gasteiger partial charge in [0.25, 0.3) is 0 Å². The highest BCUT2D eigenvalue weighted by Crippen LogP contribution is 2.60. The van der Waals surface area contributed by atoms with E-state index < -0.39 is 0 Å². The number of ether oxygens (including phenoxy) is 1. The maximum Gasteiger partial charge on any atom is 0.310 e. The Kier molecular flexibility index (Phi) is 3.95. The fourth-order valence-corrected chi connectivity index (χ4v) is 5.80. The summed E-state index contributed by atoms with van der Waals surface area (Å²) in [6.45, 7) is 4.13. The van der Waals surface area contributed by atoms with Gasteiger partial charge >= 0.3 is 5.97 Å². The van der Waals surface area contributed by atoms with Crippen molar-refractivity contribution in [3.63, 3.8) is 0 Å². The molecule has 0 radical (unpaired) electrons. The second-order valence-electron chi connectivity index (χ2n) is 8.24. The van der Waals surface area contributed by atoms with E-state index in [1.807, 2.05) is 13.0 Å². The number of hydrogen-bond donors (Lipinski definition) is 1. The molecule has 2 saturated carbocycles. The molecule has 1 unspecified atom stereocenters. The minimum Gasteiger partial charge on any atom is -0.427 e. The van der Waals surface area contributed by atoms with Crippen molar-refractivity contribution in [2.75, 3.05) is 0 Å². The number of aliphatic hydroxyl groups is 1. The lowest BCUT2D eigenvalue weighted by Gasteiger charge is -2.50. The van der Waals surface area contributed by atoms with E-state index in [-0.39, 0.29) is 17.5 Å². The minimum absolute atomic E-state index is 0.110. The fraction of sp³-hybridized carbons (Fsp3) is 0.667. The van der Waals surface area contributed by atoms with E-state index >= 15 is 0 Å². The molecule has 1 aromatic rings. The normalized spacial score (nSPS) is 37.3. The molecule has 0 bridgehead atoms. The Balaban J connectivity index is 1.60. The summed E-state index contributed by atoms with van der Waals surface area (Å²) in [4.78, 5) is 11.5. The zero-order valence-electron chi connectivity index (χ0n) is 14.8. The standard InChI is InChI=1S/C21H28O3/c1-3-20(23)24-14-5-7-15-13(12-14)4-6-17-16(15)10-11-21(2)18(17)8-9-19(21)22/h5,7,12,16-19,22H,3-4,6,8-11H2,1-2H3/t16-,17-,18+,19?,21+/m1/s1. The molecule has 0 amide bonds. The van der Waals surface area contributed by atoms with Crippen LogP contribution < -0.4 is 4.74 Å². The van der Waals surface area contributed by atoms with Gasteiger partial charge in [-0.25, -0.2) is 0 Å². The smallest absolute Gasteiger partial charge is 0.310 e. The molecule has 0 saturated heterocycles. The lowest BCUT2D eigenvalue weighted by atomic mass is 9.55. The van der Waals surface area contributed by atoms with E-state index in [1.54, 1.807) is 0 Å². The third kappa shape index (κ3) is 2.40. The van der Waals surface area contributed by atoms with Crippen LogP contribution in [0.3, 0.4) is 0 Å². The number of hydrogen-bond acceptors (Lipinski definition) is 3. The van der Waals surface area contributed by atoms with Gasteiger partial charge in [-0.3, -0.25) is 4.79 Å². The molecule has 1 aromatic carbocycles. The Morgan fingerprint density at radius 2 is 2.12 bits per heavy atom. The zero-order valence-corrected chi connectivity index (χ0v) is 14.8. The number of rotatable bonds is 2. The molecule has 2 fully saturated rings. The van der Waals surface area contributed by atoms with Gasteiger partial charge in [-0.05, 0) is 85.0 Å². The molecular formula is C21H28O3. The van der Waals surface area contributed by atoms with Crippen LogP contribution in [0.2, 0.25) is 0 Å². The summed E-state index contributed by atoms with van der Waals surface area (Å²) in [6, 6.07) is 6.24. The number of esters is 1. The van der Waals surface area contributed by atoms with Crippen molar-refractivity contribution < 1.29 is 14.6 Å². The summed E-state index contributed by atoms with van der Waals surface area (Å²) in [7, 11) is 0. The van der Waals surface area contributed by atoms with Crippen LogP contribution in [-0.4, -0.2) is 17.2 Å². The summed E-state index contributed by atoms with van der Waals surface area (Å²) in [5.74, 6) is 2.51. The molecule has 5 atom stereocenters. The molecule has 3 aliphatic rings. The first-order chi connectivity index (χ1) is 11.5. The Morgan fingerprint density at radius 3 is 2.92 bits per heavy atom. The van der Waals surface area contributed by atoms with Crippen LogP contribution in [-0.2, 0) is 11.2 Å². The molecule has 0 heterocycles. The fourth-order valence-electron chi connectivity index (χ4n) is 5.80. The second kappa shape index (κ2) is 5.87. The van der Waals surface area contributed by atoms with Crippen LogP contribution in [0, 0.1) is 17.3 Å². The average molecular weight is 328 g/mol. The Morgan fingerprint density at radius 1 is 1.29 bits per heavy atom. The number of fused-ring (bicyclic) bond motifs is 5. The molecule has 3 aliphatic carbocycles. The molecule has 4 rings (SSSR count). The van der Waals surface area contributed by atoms with Crippen molar-refractivity contribution in [2.45, 2.75) is 70.8 Å². The summed E-state index contributed by atoms with van der Waals surface area (Å²) >= 11 is 0. The van der Waals surface area contributed by atoms with Crippen molar-refractivity contribution in [1.82, 2.24) is 0 Å². The van der Waals surface area contributed by atoms with Gasteiger partial charge in [0, 0.05) is 6.42 Å². The van der Waals surface area contributed by atoms with Gasteiger partial charge < -0.3 is 9.84 Å². The van der Waals surface area contributed by atoms with Gasteiger partial charge in [-0.2, -0.15) is 0 Å². The maximum absolute atomic E-state index is 11.5. The molecule has 24 heavy (non-hydrogen) atoms. The first kappa shape index (κ1) is 16.1. The number of carbonyl (C=O) groups is 1. The monoisotopic (exact) mass is 328 g/mol. The predicted molar refractivity (Wildman–Crippen MR) is 93.0 cm³/mol. The summed E-state index contributed by atoms with van der Waals surface area (Å²) in [5, 5.41) is 10.5. The number of carbonyl (C=O) groups excluding carboxylic acids is 1. The van der Waals surface area contributed by atoms with Crippen LogP contribution in [0.25, 0.3) is 0 Å². The SMILES string of the molecule is CCC(=O)Oc1ccc2c(c1)CC[C@@H]1[C@@H]2CC[C@]2(C)C(O)CC[C@@H]12. The van der Waals surface area contributed by atoms with E-state index in [9.17, 15) is 9.90 Å². The Bertz CT molecular complexity index is 652. The number of benzene rings is 1. The van der Waals surface area contributed by atoms with E-state index in [0.717, 1.165) is 19.3 Å². The lowest BCUT2D eigenvalue weighted by Crippen LogP contribution is -2.43. The summed E-state index contributed by atoms with van der Waals surface area (Å²) in [5.41, 5.74) is 2.96. The number of aliphatic hydroxyl groups excluding tert-OH is 1. The molecular weight excluding hydrogens is 300 g/mol. The van der Waals surface area contributed by atoms with Gasteiger partial charge in [-0.15, -0.1) is 0 Å². The summed E-state index contributed by atoms with van der Waals surface area (Å²) < 4.78 is 5.39.